The number of hydrogen-bond acceptors (Lipinski definition) is 4. The zero-order valence-electron chi connectivity index (χ0n) is 10.6. The topological polar surface area (TPSA) is 55.2 Å². The summed E-state index contributed by atoms with van der Waals surface area (Å²) < 4.78 is 24.8. The molecule has 1 fully saturated rings. The van der Waals surface area contributed by atoms with Gasteiger partial charge in [0.05, 0.1) is 17.7 Å². The normalized spacial score (nSPS) is 22.4. The van der Waals surface area contributed by atoms with E-state index in [-0.39, 0.29) is 11.8 Å². The molecule has 0 radical (unpaired) electrons. The van der Waals surface area contributed by atoms with E-state index >= 15 is 0 Å². The van der Waals surface area contributed by atoms with E-state index < -0.39 is 9.84 Å². The van der Waals surface area contributed by atoms with Gasteiger partial charge in [-0.05, 0) is 6.42 Å². The Kier molecular flexibility index (Phi) is 3.87. The molecule has 1 aliphatic heterocycles. The molecule has 1 aliphatic rings. The van der Waals surface area contributed by atoms with E-state index in [4.69, 9.17) is 0 Å². The molecule has 0 bridgehead atoms. The summed E-state index contributed by atoms with van der Waals surface area (Å²) >= 11 is 0. The Bertz CT molecular complexity index is 521. The van der Waals surface area contributed by atoms with E-state index in [1.165, 1.54) is 0 Å². The molecular formula is C12H19N3O2S. The minimum Gasteiger partial charge on any atom is -0.291 e. The highest BCUT2D eigenvalue weighted by molar-refractivity contribution is 7.91. The first-order valence-electron chi connectivity index (χ1n) is 6.03. The number of hydrogen-bond donors (Lipinski definition) is 0. The summed E-state index contributed by atoms with van der Waals surface area (Å²) in [4.78, 5) is 2.16. The molecule has 0 spiro atoms. The van der Waals surface area contributed by atoms with Crippen molar-refractivity contribution >= 4 is 9.84 Å². The summed E-state index contributed by atoms with van der Waals surface area (Å²) in [6.45, 7) is 5.17. The van der Waals surface area contributed by atoms with Crippen LogP contribution < -0.4 is 0 Å². The van der Waals surface area contributed by atoms with Gasteiger partial charge in [-0.3, -0.25) is 9.58 Å². The highest BCUT2D eigenvalue weighted by Crippen LogP contribution is 2.19. The predicted octanol–water partition coefficient (Wildman–Crippen LogP) is 0.595. The van der Waals surface area contributed by atoms with E-state index in [1.807, 2.05) is 25.5 Å². The summed E-state index contributed by atoms with van der Waals surface area (Å²) in [5, 5.41) is 4.13. The molecule has 0 saturated carbocycles. The number of aromatic nitrogens is 2. The van der Waals surface area contributed by atoms with Gasteiger partial charge < -0.3 is 0 Å². The second-order valence-corrected chi connectivity index (χ2v) is 7.03. The summed E-state index contributed by atoms with van der Waals surface area (Å²) in [6, 6.07) is 0.105. The van der Waals surface area contributed by atoms with Gasteiger partial charge in [0.25, 0.3) is 0 Å². The van der Waals surface area contributed by atoms with Gasteiger partial charge in [0.1, 0.15) is 0 Å². The van der Waals surface area contributed by atoms with Gasteiger partial charge >= 0.3 is 0 Å². The SMILES string of the molecule is C=CCN(Cc1cnn(C)c1)[C@@H]1CCS(=O)(=O)C1. The largest absolute Gasteiger partial charge is 0.291 e. The molecule has 1 aromatic heterocycles. The number of nitrogens with zero attached hydrogens (tertiary/aromatic N) is 3. The Labute approximate surface area is 108 Å². The molecule has 100 valence electrons. The lowest BCUT2D eigenvalue weighted by Gasteiger charge is -2.26. The van der Waals surface area contributed by atoms with Gasteiger partial charge in [-0.1, -0.05) is 6.08 Å². The summed E-state index contributed by atoms with van der Waals surface area (Å²) in [5.41, 5.74) is 1.10. The van der Waals surface area contributed by atoms with Crippen LogP contribution in [0.25, 0.3) is 0 Å². The van der Waals surface area contributed by atoms with Gasteiger partial charge in [-0.2, -0.15) is 5.10 Å². The smallest absolute Gasteiger partial charge is 0.151 e. The van der Waals surface area contributed by atoms with E-state index in [0.29, 0.717) is 12.3 Å². The van der Waals surface area contributed by atoms with Gasteiger partial charge in [-0.15, -0.1) is 6.58 Å². The minimum atomic E-state index is -2.84. The Hall–Kier alpha value is -1.14. The van der Waals surface area contributed by atoms with Crippen molar-refractivity contribution in [2.24, 2.45) is 7.05 Å². The van der Waals surface area contributed by atoms with Crippen molar-refractivity contribution in [3.8, 4) is 0 Å². The van der Waals surface area contributed by atoms with Crippen molar-refractivity contribution in [1.82, 2.24) is 14.7 Å². The van der Waals surface area contributed by atoms with Gasteiger partial charge in [-0.25, -0.2) is 8.42 Å². The van der Waals surface area contributed by atoms with Gasteiger partial charge in [0, 0.05) is 37.9 Å². The van der Waals surface area contributed by atoms with Crippen LogP contribution in [0.4, 0.5) is 0 Å². The maximum atomic E-state index is 11.5. The van der Waals surface area contributed by atoms with Crippen molar-refractivity contribution in [1.29, 1.82) is 0 Å². The first kappa shape index (κ1) is 13.3. The number of aryl methyl sites for hydroxylation is 1. The molecule has 2 heterocycles. The summed E-state index contributed by atoms with van der Waals surface area (Å²) in [6.07, 6.45) is 6.32. The minimum absolute atomic E-state index is 0.105. The fourth-order valence-corrected chi connectivity index (χ4v) is 4.12. The monoisotopic (exact) mass is 269 g/mol. The third-order valence-corrected chi connectivity index (χ3v) is 4.98. The van der Waals surface area contributed by atoms with Crippen LogP contribution in [-0.4, -0.2) is 47.2 Å². The third kappa shape index (κ3) is 3.20. The Morgan fingerprint density at radius 2 is 2.44 bits per heavy atom. The second kappa shape index (κ2) is 5.24. The van der Waals surface area contributed by atoms with E-state index in [2.05, 4.69) is 16.6 Å². The number of rotatable bonds is 5. The molecule has 5 nitrogen and oxygen atoms in total. The lowest BCUT2D eigenvalue weighted by atomic mass is 10.2. The maximum Gasteiger partial charge on any atom is 0.151 e. The van der Waals surface area contributed by atoms with Crippen LogP contribution in [0.1, 0.15) is 12.0 Å². The van der Waals surface area contributed by atoms with E-state index in [1.54, 1.807) is 4.68 Å². The first-order valence-corrected chi connectivity index (χ1v) is 7.85. The molecule has 1 aromatic rings. The average Bonchev–Trinajstić information content (AvgIpc) is 2.84. The summed E-state index contributed by atoms with van der Waals surface area (Å²) in [7, 11) is -0.966. The molecule has 0 amide bonds. The van der Waals surface area contributed by atoms with Crippen molar-refractivity contribution < 1.29 is 8.42 Å². The Morgan fingerprint density at radius 1 is 1.67 bits per heavy atom. The molecule has 1 saturated heterocycles. The van der Waals surface area contributed by atoms with Crippen LogP contribution in [0.3, 0.4) is 0 Å². The lowest BCUT2D eigenvalue weighted by Crippen LogP contribution is -2.35. The fraction of sp³-hybridized carbons (Fsp3) is 0.583. The molecule has 0 aromatic carbocycles. The zero-order chi connectivity index (χ0) is 13.2. The predicted molar refractivity (Wildman–Crippen MR) is 70.9 cm³/mol. The highest BCUT2D eigenvalue weighted by atomic mass is 32.2. The van der Waals surface area contributed by atoms with Crippen molar-refractivity contribution in [2.75, 3.05) is 18.1 Å². The van der Waals surface area contributed by atoms with Crippen LogP contribution >= 0.6 is 0 Å². The molecule has 0 aliphatic carbocycles. The van der Waals surface area contributed by atoms with Crippen LogP contribution in [-0.2, 0) is 23.4 Å². The standard InChI is InChI=1S/C12H19N3O2S/c1-3-5-15(9-11-7-13-14(2)8-11)12-4-6-18(16,17)10-12/h3,7-8,12H,1,4-6,9-10H2,2H3/t12-/m1/s1. The van der Waals surface area contributed by atoms with Crippen LogP contribution in [0, 0.1) is 0 Å². The lowest BCUT2D eigenvalue weighted by molar-refractivity contribution is 0.227. The highest BCUT2D eigenvalue weighted by Gasteiger charge is 2.31. The maximum absolute atomic E-state index is 11.5. The average molecular weight is 269 g/mol. The quantitative estimate of drug-likeness (QED) is 0.734. The second-order valence-electron chi connectivity index (χ2n) is 4.80. The molecule has 6 heteroatoms. The molecule has 2 rings (SSSR count). The van der Waals surface area contributed by atoms with Gasteiger partial charge in [0.2, 0.25) is 0 Å². The first-order chi connectivity index (χ1) is 8.50. The zero-order valence-corrected chi connectivity index (χ0v) is 11.4. The van der Waals surface area contributed by atoms with Crippen molar-refractivity contribution in [3.63, 3.8) is 0 Å². The van der Waals surface area contributed by atoms with Crippen LogP contribution in [0.5, 0.6) is 0 Å². The van der Waals surface area contributed by atoms with Crippen LogP contribution in [0.2, 0.25) is 0 Å². The van der Waals surface area contributed by atoms with E-state index in [9.17, 15) is 8.42 Å². The molecule has 1 atom stereocenters. The Balaban J connectivity index is 2.06. The third-order valence-electron chi connectivity index (χ3n) is 3.23. The number of sulfone groups is 1. The molecule has 18 heavy (non-hydrogen) atoms. The van der Waals surface area contributed by atoms with E-state index in [0.717, 1.165) is 18.5 Å². The Morgan fingerprint density at radius 3 is 2.94 bits per heavy atom. The molecular weight excluding hydrogens is 250 g/mol. The molecule has 0 unspecified atom stereocenters. The summed E-state index contributed by atoms with van der Waals surface area (Å²) in [5.74, 6) is 0.569. The van der Waals surface area contributed by atoms with Gasteiger partial charge in [0.15, 0.2) is 9.84 Å². The van der Waals surface area contributed by atoms with Crippen LogP contribution in [0.15, 0.2) is 25.0 Å². The van der Waals surface area contributed by atoms with Crippen molar-refractivity contribution in [3.05, 3.63) is 30.6 Å². The van der Waals surface area contributed by atoms with Crippen molar-refractivity contribution in [2.45, 2.75) is 19.0 Å². The molecule has 0 N–H and O–H groups in total. The fourth-order valence-electron chi connectivity index (χ4n) is 2.36.